The van der Waals surface area contributed by atoms with Crippen LogP contribution in [0.25, 0.3) is 0 Å². The predicted molar refractivity (Wildman–Crippen MR) is 62.5 cm³/mol. The highest BCUT2D eigenvalue weighted by molar-refractivity contribution is 8.01. The Morgan fingerprint density at radius 1 is 1.50 bits per heavy atom. The third kappa shape index (κ3) is 1.45. The number of amides is 1. The molecule has 2 atom stereocenters. The molecule has 0 aromatic heterocycles. The number of carbonyl (C=O) groups excluding carboxylic acids is 1. The summed E-state index contributed by atoms with van der Waals surface area (Å²) in [6, 6.07) is -0.903. The summed E-state index contributed by atoms with van der Waals surface area (Å²) in [6.45, 7) is 3.56. The van der Waals surface area contributed by atoms with Crippen LogP contribution in [0.3, 0.4) is 0 Å². The van der Waals surface area contributed by atoms with Crippen molar-refractivity contribution in [2.45, 2.75) is 30.0 Å². The van der Waals surface area contributed by atoms with Crippen molar-refractivity contribution in [1.29, 1.82) is 0 Å². The number of nitrogens with zero attached hydrogens (tertiary/aromatic N) is 1. The Bertz CT molecular complexity index is 421. The molecule has 2 aliphatic rings. The monoisotopic (exact) mass is 281 g/mol. The van der Waals surface area contributed by atoms with Gasteiger partial charge in [-0.3, -0.25) is 4.79 Å². The summed E-state index contributed by atoms with van der Waals surface area (Å²) in [5.74, 6) is -1.54. The Morgan fingerprint density at radius 2 is 2.06 bits per heavy atom. The van der Waals surface area contributed by atoms with E-state index in [1.54, 1.807) is 13.8 Å². The van der Waals surface area contributed by atoms with E-state index in [-0.39, 0.29) is 10.1 Å². The number of carboxylic acid groups (broad SMARTS) is 1. The molecule has 0 aromatic carbocycles. The first-order valence-electron chi connectivity index (χ1n) is 4.56. The summed E-state index contributed by atoms with van der Waals surface area (Å²) in [5, 5.41) is 8.88. The average molecular weight is 282 g/mol. The second kappa shape index (κ2) is 3.55. The number of hydrogen-bond donors (Lipinski definition) is 1. The molecule has 2 rings (SSSR count). The summed E-state index contributed by atoms with van der Waals surface area (Å²) in [5.41, 5.74) is 0. The number of hydrogen-bond acceptors (Lipinski definition) is 3. The van der Waals surface area contributed by atoms with E-state index in [9.17, 15) is 14.7 Å². The van der Waals surface area contributed by atoms with Crippen molar-refractivity contribution >= 4 is 46.8 Å². The van der Waals surface area contributed by atoms with Crippen LogP contribution in [-0.2, 0) is 9.59 Å². The topological polar surface area (TPSA) is 57.6 Å². The Hall–Kier alpha value is -0.390. The van der Waals surface area contributed by atoms with Crippen molar-refractivity contribution in [3.05, 3.63) is 10.1 Å². The second-order valence-corrected chi connectivity index (χ2v) is 6.71. The molecule has 4 nitrogen and oxygen atoms in total. The van der Waals surface area contributed by atoms with E-state index in [2.05, 4.69) is 0 Å². The molecule has 7 heteroatoms. The van der Waals surface area contributed by atoms with Crippen LogP contribution in [0.5, 0.6) is 0 Å². The van der Waals surface area contributed by atoms with Crippen molar-refractivity contribution < 1.29 is 14.7 Å². The maximum atomic E-state index is 11.8. The molecule has 1 N–H and O–H groups in total. The number of fused-ring (bicyclic) bond motifs is 1. The van der Waals surface area contributed by atoms with Gasteiger partial charge in [0, 0.05) is 4.75 Å². The van der Waals surface area contributed by atoms with E-state index < -0.39 is 28.0 Å². The van der Waals surface area contributed by atoms with Gasteiger partial charge in [0.25, 0.3) is 5.91 Å². The fourth-order valence-electron chi connectivity index (χ4n) is 2.02. The summed E-state index contributed by atoms with van der Waals surface area (Å²) in [6.07, 6.45) is 0. The Kier molecular flexibility index (Phi) is 2.68. The Morgan fingerprint density at radius 3 is 2.56 bits per heavy atom. The van der Waals surface area contributed by atoms with Gasteiger partial charge in [-0.05, 0) is 13.8 Å². The van der Waals surface area contributed by atoms with Crippen LogP contribution in [-0.4, -0.2) is 38.0 Å². The zero-order valence-corrected chi connectivity index (χ0v) is 10.9. The van der Waals surface area contributed by atoms with Crippen molar-refractivity contribution in [3.8, 4) is 0 Å². The van der Waals surface area contributed by atoms with Crippen LogP contribution < -0.4 is 0 Å². The predicted octanol–water partition coefficient (Wildman–Crippen LogP) is 1.82. The van der Waals surface area contributed by atoms with Gasteiger partial charge in [0.15, 0.2) is 0 Å². The maximum Gasteiger partial charge on any atom is 0.327 e. The largest absolute Gasteiger partial charge is 0.480 e. The molecule has 0 radical (unpaired) electrons. The molecule has 88 valence electrons. The quantitative estimate of drug-likeness (QED) is 0.797. The highest BCUT2D eigenvalue weighted by Crippen LogP contribution is 2.52. The van der Waals surface area contributed by atoms with Crippen molar-refractivity contribution in [3.63, 3.8) is 0 Å². The lowest BCUT2D eigenvalue weighted by Crippen LogP contribution is -2.48. The van der Waals surface area contributed by atoms with E-state index in [1.807, 2.05) is 0 Å². The number of aliphatic carboxylic acids is 1. The van der Waals surface area contributed by atoms with Gasteiger partial charge in [-0.25, -0.2) is 4.79 Å². The standard InChI is InChI=1S/C9H9Cl2NO3S/c1-9(2)5(8(14)15)12-6(13)3(10)4(11)7(12)16-9/h5,7H,1-2H3,(H,14,15). The number of carbonyl (C=O) groups is 2. The van der Waals surface area contributed by atoms with Crippen LogP contribution in [0.4, 0.5) is 0 Å². The fourth-order valence-corrected chi connectivity index (χ4v) is 4.07. The van der Waals surface area contributed by atoms with Gasteiger partial charge in [-0.1, -0.05) is 23.2 Å². The fraction of sp³-hybridized carbons (Fsp3) is 0.556. The molecule has 0 bridgehead atoms. The SMILES string of the molecule is CC1(C)SC2C(Cl)=C(Cl)C(=O)N2C1C(=O)O. The van der Waals surface area contributed by atoms with Gasteiger partial charge < -0.3 is 10.0 Å². The minimum Gasteiger partial charge on any atom is -0.480 e. The van der Waals surface area contributed by atoms with Crippen molar-refractivity contribution in [1.82, 2.24) is 4.90 Å². The van der Waals surface area contributed by atoms with Crippen LogP contribution in [0.2, 0.25) is 0 Å². The normalized spacial score (nSPS) is 32.2. The number of halogens is 2. The highest BCUT2D eigenvalue weighted by atomic mass is 35.5. The molecule has 0 aliphatic carbocycles. The van der Waals surface area contributed by atoms with Gasteiger partial charge in [0.1, 0.15) is 16.4 Å². The molecule has 16 heavy (non-hydrogen) atoms. The van der Waals surface area contributed by atoms with Crippen LogP contribution >= 0.6 is 35.0 Å². The third-order valence-electron chi connectivity index (χ3n) is 2.69. The summed E-state index contributed by atoms with van der Waals surface area (Å²) < 4.78 is -0.579. The first-order chi connectivity index (χ1) is 7.27. The van der Waals surface area contributed by atoms with Gasteiger partial charge in [0.2, 0.25) is 0 Å². The summed E-state index contributed by atoms with van der Waals surface area (Å²) in [4.78, 5) is 24.2. The molecular formula is C9H9Cl2NO3S. The van der Waals surface area contributed by atoms with Gasteiger partial charge >= 0.3 is 5.97 Å². The first-order valence-corrected chi connectivity index (χ1v) is 6.19. The van der Waals surface area contributed by atoms with Crippen LogP contribution in [0.15, 0.2) is 10.1 Å². The summed E-state index contributed by atoms with van der Waals surface area (Å²) >= 11 is 13.0. The Labute approximate surface area is 107 Å². The molecule has 2 unspecified atom stereocenters. The number of carboxylic acids is 1. The van der Waals surface area contributed by atoms with Crippen molar-refractivity contribution in [2.24, 2.45) is 0 Å². The molecule has 0 spiro atoms. The van der Waals surface area contributed by atoms with Gasteiger partial charge in [-0.2, -0.15) is 0 Å². The Balaban J connectivity index is 2.46. The lowest BCUT2D eigenvalue weighted by molar-refractivity contribution is -0.148. The molecular weight excluding hydrogens is 273 g/mol. The molecule has 1 saturated heterocycles. The summed E-state index contributed by atoms with van der Waals surface area (Å²) in [7, 11) is 0. The molecule has 1 amide bonds. The van der Waals surface area contributed by atoms with E-state index in [0.29, 0.717) is 0 Å². The third-order valence-corrected chi connectivity index (χ3v) is 5.19. The van der Waals surface area contributed by atoms with E-state index in [0.717, 1.165) is 0 Å². The minimum atomic E-state index is -1.04. The highest BCUT2D eigenvalue weighted by Gasteiger charge is 2.58. The minimum absolute atomic E-state index is 0.0686. The van der Waals surface area contributed by atoms with Crippen LogP contribution in [0.1, 0.15) is 13.8 Å². The first kappa shape index (κ1) is 12.1. The van der Waals surface area contributed by atoms with Gasteiger partial charge in [0.05, 0.1) is 5.03 Å². The second-order valence-electron chi connectivity index (χ2n) is 4.19. The van der Waals surface area contributed by atoms with Crippen LogP contribution in [0, 0.1) is 0 Å². The molecule has 0 saturated carbocycles. The lowest BCUT2D eigenvalue weighted by atomic mass is 10.0. The lowest BCUT2D eigenvalue weighted by Gasteiger charge is -2.26. The number of thioether (sulfide) groups is 1. The molecule has 1 fully saturated rings. The van der Waals surface area contributed by atoms with Gasteiger partial charge in [-0.15, -0.1) is 11.8 Å². The molecule has 0 aromatic rings. The molecule has 2 aliphatic heterocycles. The van der Waals surface area contributed by atoms with Crippen molar-refractivity contribution in [2.75, 3.05) is 0 Å². The average Bonchev–Trinajstić information content (AvgIpc) is 2.54. The van der Waals surface area contributed by atoms with E-state index in [4.69, 9.17) is 23.2 Å². The number of rotatable bonds is 1. The smallest absolute Gasteiger partial charge is 0.327 e. The molecule has 2 heterocycles. The van der Waals surface area contributed by atoms with E-state index in [1.165, 1.54) is 16.7 Å². The zero-order valence-electron chi connectivity index (χ0n) is 8.53. The van der Waals surface area contributed by atoms with E-state index >= 15 is 0 Å². The maximum absolute atomic E-state index is 11.8. The zero-order chi connectivity index (χ0) is 12.2.